The summed E-state index contributed by atoms with van der Waals surface area (Å²) < 4.78 is 0. The van der Waals surface area contributed by atoms with Crippen LogP contribution in [-0.4, -0.2) is 95.7 Å². The number of hydrogen-bond donors (Lipinski definition) is 0. The third kappa shape index (κ3) is 5.60. The fraction of sp³-hybridized carbons (Fsp3) is 0.682. The summed E-state index contributed by atoms with van der Waals surface area (Å²) in [6.45, 7) is 9.37. The summed E-state index contributed by atoms with van der Waals surface area (Å²) in [4.78, 5) is 47.2. The molecule has 1 atom stereocenters. The van der Waals surface area contributed by atoms with Crippen molar-refractivity contribution in [3.05, 3.63) is 22.4 Å². The largest absolute Gasteiger partial charge is 0.342 e. The van der Waals surface area contributed by atoms with Crippen molar-refractivity contribution in [3.63, 3.8) is 0 Å². The lowest BCUT2D eigenvalue weighted by molar-refractivity contribution is -0.143. The van der Waals surface area contributed by atoms with Gasteiger partial charge < -0.3 is 14.7 Å². The standard InChI is InChI=1S/C22H34N4O3S/c1-3-24(4-2)21(28)17-23-10-7-11-25(14-13-23)22(29)19-9-5-12-26(19)20(27)16-18-8-6-15-30-18/h6,8,15,19H,3-5,7,9-14,16-17H2,1-2H3. The third-order valence-electron chi connectivity index (χ3n) is 6.14. The van der Waals surface area contributed by atoms with Gasteiger partial charge in [0.2, 0.25) is 17.7 Å². The van der Waals surface area contributed by atoms with Crippen LogP contribution in [0, 0.1) is 0 Å². The zero-order valence-corrected chi connectivity index (χ0v) is 19.0. The van der Waals surface area contributed by atoms with E-state index in [9.17, 15) is 14.4 Å². The molecule has 0 spiro atoms. The van der Waals surface area contributed by atoms with Gasteiger partial charge in [0, 0.05) is 50.7 Å². The maximum atomic E-state index is 13.2. The van der Waals surface area contributed by atoms with E-state index < -0.39 is 0 Å². The molecule has 3 amide bonds. The fourth-order valence-electron chi connectivity index (χ4n) is 4.41. The van der Waals surface area contributed by atoms with Gasteiger partial charge in [-0.3, -0.25) is 19.3 Å². The second-order valence-electron chi connectivity index (χ2n) is 8.02. The van der Waals surface area contributed by atoms with Crippen LogP contribution in [0.4, 0.5) is 0 Å². The highest BCUT2D eigenvalue weighted by molar-refractivity contribution is 7.10. The monoisotopic (exact) mass is 434 g/mol. The number of carbonyl (C=O) groups is 3. The number of carbonyl (C=O) groups excluding carboxylic acids is 3. The molecule has 1 aromatic rings. The summed E-state index contributed by atoms with van der Waals surface area (Å²) in [6, 6.07) is 3.59. The van der Waals surface area contributed by atoms with Gasteiger partial charge in [-0.05, 0) is 44.6 Å². The summed E-state index contributed by atoms with van der Waals surface area (Å²) in [5.41, 5.74) is 0. The quantitative estimate of drug-likeness (QED) is 0.655. The topological polar surface area (TPSA) is 64.2 Å². The number of amides is 3. The first kappa shape index (κ1) is 22.7. The average Bonchev–Trinajstić information content (AvgIpc) is 3.37. The Hall–Kier alpha value is -1.93. The predicted octanol–water partition coefficient (Wildman–Crippen LogP) is 1.68. The van der Waals surface area contributed by atoms with Crippen LogP contribution >= 0.6 is 11.3 Å². The SMILES string of the molecule is CCN(CC)C(=O)CN1CCCN(C(=O)C2CCCN2C(=O)Cc2cccs2)CC1. The number of likely N-dealkylation sites (tertiary alicyclic amines) is 1. The smallest absolute Gasteiger partial charge is 0.245 e. The molecule has 7 nitrogen and oxygen atoms in total. The van der Waals surface area contributed by atoms with Gasteiger partial charge in [0.1, 0.15) is 6.04 Å². The molecule has 0 aliphatic carbocycles. The zero-order chi connectivity index (χ0) is 21.5. The number of likely N-dealkylation sites (N-methyl/N-ethyl adjacent to an activating group) is 1. The molecule has 3 rings (SSSR count). The molecule has 30 heavy (non-hydrogen) atoms. The van der Waals surface area contributed by atoms with Gasteiger partial charge in [-0.1, -0.05) is 6.07 Å². The van der Waals surface area contributed by atoms with Gasteiger partial charge in [0.15, 0.2) is 0 Å². The molecule has 1 unspecified atom stereocenters. The lowest BCUT2D eigenvalue weighted by atomic mass is 10.1. The highest BCUT2D eigenvalue weighted by Crippen LogP contribution is 2.22. The fourth-order valence-corrected chi connectivity index (χ4v) is 5.11. The van der Waals surface area contributed by atoms with Crippen molar-refractivity contribution in [2.45, 2.75) is 45.6 Å². The molecule has 0 bridgehead atoms. The van der Waals surface area contributed by atoms with Crippen molar-refractivity contribution in [2.24, 2.45) is 0 Å². The highest BCUT2D eigenvalue weighted by atomic mass is 32.1. The lowest BCUT2D eigenvalue weighted by Crippen LogP contribution is -2.49. The van der Waals surface area contributed by atoms with E-state index in [0.29, 0.717) is 39.1 Å². The van der Waals surface area contributed by atoms with Crippen molar-refractivity contribution in [1.82, 2.24) is 19.6 Å². The summed E-state index contributed by atoms with van der Waals surface area (Å²) in [5.74, 6) is 0.277. The second-order valence-corrected chi connectivity index (χ2v) is 9.05. The molecule has 2 aliphatic rings. The average molecular weight is 435 g/mol. The van der Waals surface area contributed by atoms with Crippen LogP contribution in [0.15, 0.2) is 17.5 Å². The van der Waals surface area contributed by atoms with E-state index in [4.69, 9.17) is 0 Å². The Balaban J connectivity index is 1.54. The van der Waals surface area contributed by atoms with E-state index >= 15 is 0 Å². The molecule has 2 aliphatic heterocycles. The van der Waals surface area contributed by atoms with E-state index in [2.05, 4.69) is 4.90 Å². The summed E-state index contributed by atoms with van der Waals surface area (Å²) in [6.07, 6.45) is 2.86. The van der Waals surface area contributed by atoms with Gasteiger partial charge in [-0.2, -0.15) is 0 Å². The molecule has 166 valence electrons. The normalized spacial score (nSPS) is 20.3. The van der Waals surface area contributed by atoms with Gasteiger partial charge in [-0.25, -0.2) is 0 Å². The molecule has 1 aromatic heterocycles. The summed E-state index contributed by atoms with van der Waals surface area (Å²) in [5, 5.41) is 1.98. The molecule has 0 N–H and O–H groups in total. The van der Waals surface area contributed by atoms with Crippen molar-refractivity contribution >= 4 is 29.1 Å². The second kappa shape index (κ2) is 10.9. The molecule has 0 radical (unpaired) electrons. The molecule has 0 saturated carbocycles. The molecule has 2 fully saturated rings. The van der Waals surface area contributed by atoms with E-state index in [1.165, 1.54) is 0 Å². The Bertz CT molecular complexity index is 720. The Morgan fingerprint density at radius 1 is 1.07 bits per heavy atom. The number of rotatable bonds is 7. The highest BCUT2D eigenvalue weighted by Gasteiger charge is 2.37. The van der Waals surface area contributed by atoms with Gasteiger partial charge in [-0.15, -0.1) is 11.3 Å². The predicted molar refractivity (Wildman–Crippen MR) is 118 cm³/mol. The summed E-state index contributed by atoms with van der Waals surface area (Å²) in [7, 11) is 0. The van der Waals surface area contributed by atoms with Gasteiger partial charge in [0.05, 0.1) is 13.0 Å². The first-order valence-electron chi connectivity index (χ1n) is 11.1. The molecule has 2 saturated heterocycles. The van der Waals surface area contributed by atoms with Crippen LogP contribution in [0.1, 0.15) is 38.0 Å². The minimum Gasteiger partial charge on any atom is -0.342 e. The number of hydrogen-bond acceptors (Lipinski definition) is 5. The third-order valence-corrected chi connectivity index (χ3v) is 7.02. The lowest BCUT2D eigenvalue weighted by Gasteiger charge is -2.30. The maximum Gasteiger partial charge on any atom is 0.245 e. The zero-order valence-electron chi connectivity index (χ0n) is 18.2. The van der Waals surface area contributed by atoms with Gasteiger partial charge >= 0.3 is 0 Å². The van der Waals surface area contributed by atoms with Crippen LogP contribution in [-0.2, 0) is 20.8 Å². The molecular formula is C22H34N4O3S. The minimum atomic E-state index is -0.332. The summed E-state index contributed by atoms with van der Waals surface area (Å²) >= 11 is 1.58. The van der Waals surface area contributed by atoms with E-state index in [1.54, 1.807) is 16.2 Å². The number of thiophene rings is 1. The molecule has 3 heterocycles. The van der Waals surface area contributed by atoms with Crippen LogP contribution in [0.25, 0.3) is 0 Å². The van der Waals surface area contributed by atoms with E-state index in [1.807, 2.05) is 41.2 Å². The number of nitrogens with zero attached hydrogens (tertiary/aromatic N) is 4. The van der Waals surface area contributed by atoms with E-state index in [-0.39, 0.29) is 23.8 Å². The Labute approximate surface area is 183 Å². The van der Waals surface area contributed by atoms with Crippen molar-refractivity contribution < 1.29 is 14.4 Å². The Morgan fingerprint density at radius 2 is 1.87 bits per heavy atom. The molecular weight excluding hydrogens is 400 g/mol. The van der Waals surface area contributed by atoms with Crippen molar-refractivity contribution in [3.8, 4) is 0 Å². The first-order chi connectivity index (χ1) is 14.5. The van der Waals surface area contributed by atoms with Crippen LogP contribution in [0.5, 0.6) is 0 Å². The van der Waals surface area contributed by atoms with Crippen molar-refractivity contribution in [2.75, 3.05) is 52.4 Å². The maximum absolute atomic E-state index is 13.2. The van der Waals surface area contributed by atoms with Gasteiger partial charge in [0.25, 0.3) is 0 Å². The van der Waals surface area contributed by atoms with Crippen LogP contribution in [0.2, 0.25) is 0 Å². The molecule has 0 aromatic carbocycles. The first-order valence-corrected chi connectivity index (χ1v) is 12.0. The molecule has 8 heteroatoms. The van der Waals surface area contributed by atoms with Crippen LogP contribution < -0.4 is 0 Å². The van der Waals surface area contributed by atoms with Crippen LogP contribution in [0.3, 0.4) is 0 Å². The Kier molecular flexibility index (Phi) is 8.27. The van der Waals surface area contributed by atoms with E-state index in [0.717, 1.165) is 43.8 Å². The Morgan fingerprint density at radius 3 is 2.57 bits per heavy atom. The van der Waals surface area contributed by atoms with Crippen molar-refractivity contribution in [1.29, 1.82) is 0 Å². The minimum absolute atomic E-state index is 0.0505.